The van der Waals surface area contributed by atoms with Crippen LogP contribution in [-0.4, -0.2) is 43.7 Å². The lowest BCUT2D eigenvalue weighted by atomic mass is 9.85. The van der Waals surface area contributed by atoms with E-state index in [1.165, 1.54) is 19.3 Å². The molecule has 2 aromatic rings. The highest BCUT2D eigenvalue weighted by atomic mass is 32.2. The summed E-state index contributed by atoms with van der Waals surface area (Å²) in [6.07, 6.45) is 5.30. The lowest BCUT2D eigenvalue weighted by molar-refractivity contribution is 0.0696. The molecule has 0 atom stereocenters. The number of carbonyl (C=O) groups excluding carboxylic acids is 1. The third-order valence-corrected chi connectivity index (χ3v) is 9.46. The van der Waals surface area contributed by atoms with Crippen molar-refractivity contribution in [1.82, 2.24) is 14.6 Å². The first kappa shape index (κ1) is 28.8. The van der Waals surface area contributed by atoms with Crippen LogP contribution >= 0.6 is 0 Å². The standard InChI is InChI=1S/C30H45N3O4S/c1-20-24(28(34)31-23-13-15-37-16-14-23)18-26(33(20)19-21-9-8-10-21)22-11-12-27(25(17-22)29(2,3)4)38(35,36)32-30(5,6)7/h11-12,17-18,21,23,32H,8-10,13-16,19H2,1-7H3,(H,31,34). The summed E-state index contributed by atoms with van der Waals surface area (Å²) in [5.74, 6) is 0.552. The van der Waals surface area contributed by atoms with E-state index in [-0.39, 0.29) is 11.9 Å². The smallest absolute Gasteiger partial charge is 0.253 e. The number of nitrogens with one attached hydrogen (secondary N) is 2. The van der Waals surface area contributed by atoms with E-state index in [0.717, 1.165) is 41.9 Å². The number of aromatic nitrogens is 1. The summed E-state index contributed by atoms with van der Waals surface area (Å²) >= 11 is 0. The molecular weight excluding hydrogens is 498 g/mol. The Balaban J connectivity index is 1.77. The van der Waals surface area contributed by atoms with Crippen molar-refractivity contribution in [3.05, 3.63) is 41.1 Å². The van der Waals surface area contributed by atoms with Crippen molar-refractivity contribution < 1.29 is 17.9 Å². The van der Waals surface area contributed by atoms with Gasteiger partial charge >= 0.3 is 0 Å². The number of ether oxygens (including phenoxy) is 1. The fraction of sp³-hybridized carbons (Fsp3) is 0.633. The zero-order valence-corrected chi connectivity index (χ0v) is 24.9. The van der Waals surface area contributed by atoms with Gasteiger partial charge in [-0.25, -0.2) is 13.1 Å². The Bertz CT molecular complexity index is 1270. The second kappa shape index (κ2) is 10.8. The van der Waals surface area contributed by atoms with Crippen LogP contribution in [0.25, 0.3) is 11.3 Å². The first-order valence-corrected chi connectivity index (χ1v) is 15.4. The second-order valence-corrected chi connectivity index (χ2v) is 14.8. The monoisotopic (exact) mass is 543 g/mol. The van der Waals surface area contributed by atoms with E-state index in [0.29, 0.717) is 29.6 Å². The molecule has 0 bridgehead atoms. The van der Waals surface area contributed by atoms with E-state index in [9.17, 15) is 13.2 Å². The fourth-order valence-electron chi connectivity index (χ4n) is 5.36. The van der Waals surface area contributed by atoms with Crippen LogP contribution in [0.15, 0.2) is 29.2 Å². The molecule has 2 N–H and O–H groups in total. The Kier molecular flexibility index (Phi) is 8.18. The van der Waals surface area contributed by atoms with Crippen molar-refractivity contribution in [3.63, 3.8) is 0 Å². The number of carbonyl (C=O) groups is 1. The molecule has 2 aliphatic rings. The normalized spacial score (nSPS) is 17.9. The van der Waals surface area contributed by atoms with Crippen LogP contribution in [0, 0.1) is 12.8 Å². The third-order valence-electron chi connectivity index (χ3n) is 7.65. The van der Waals surface area contributed by atoms with Gasteiger partial charge < -0.3 is 14.6 Å². The van der Waals surface area contributed by atoms with Gasteiger partial charge in [0.05, 0.1) is 10.5 Å². The molecule has 0 radical (unpaired) electrons. The van der Waals surface area contributed by atoms with E-state index >= 15 is 0 Å². The summed E-state index contributed by atoms with van der Waals surface area (Å²) in [7, 11) is -3.72. The van der Waals surface area contributed by atoms with E-state index in [2.05, 4.69) is 14.6 Å². The van der Waals surface area contributed by atoms with E-state index in [4.69, 9.17) is 4.74 Å². The lowest BCUT2D eigenvalue weighted by Gasteiger charge is -2.29. The van der Waals surface area contributed by atoms with Crippen LogP contribution in [0.5, 0.6) is 0 Å². The number of nitrogens with zero attached hydrogens (tertiary/aromatic N) is 1. The molecule has 2 heterocycles. The van der Waals surface area contributed by atoms with Gasteiger partial charge in [0.15, 0.2) is 0 Å². The summed E-state index contributed by atoms with van der Waals surface area (Å²) in [5.41, 5.74) is 3.31. The highest BCUT2D eigenvalue weighted by Crippen LogP contribution is 2.37. The van der Waals surface area contributed by atoms with Gasteiger partial charge in [-0.15, -0.1) is 0 Å². The van der Waals surface area contributed by atoms with E-state index in [1.54, 1.807) is 6.07 Å². The first-order valence-electron chi connectivity index (χ1n) is 13.9. The van der Waals surface area contributed by atoms with Crippen molar-refractivity contribution in [2.75, 3.05) is 13.2 Å². The van der Waals surface area contributed by atoms with E-state index < -0.39 is 21.0 Å². The minimum Gasteiger partial charge on any atom is -0.381 e. The summed E-state index contributed by atoms with van der Waals surface area (Å²) < 4.78 is 37.3. The van der Waals surface area contributed by atoms with Crippen LogP contribution in [0.2, 0.25) is 0 Å². The summed E-state index contributed by atoms with van der Waals surface area (Å²) in [6.45, 7) is 15.9. The van der Waals surface area contributed by atoms with Crippen molar-refractivity contribution in [3.8, 4) is 11.3 Å². The van der Waals surface area contributed by atoms with Crippen LogP contribution in [0.4, 0.5) is 0 Å². The molecule has 7 nitrogen and oxygen atoms in total. The average molecular weight is 544 g/mol. The Morgan fingerprint density at radius 3 is 2.24 bits per heavy atom. The fourth-order valence-corrected chi connectivity index (χ4v) is 7.17. The largest absolute Gasteiger partial charge is 0.381 e. The first-order chi connectivity index (χ1) is 17.7. The number of benzene rings is 1. The molecule has 38 heavy (non-hydrogen) atoms. The van der Waals surface area contributed by atoms with Crippen molar-refractivity contribution in [1.29, 1.82) is 0 Å². The molecule has 0 unspecified atom stereocenters. The maximum Gasteiger partial charge on any atom is 0.253 e. The van der Waals surface area contributed by atoms with Crippen LogP contribution in [0.3, 0.4) is 0 Å². The van der Waals surface area contributed by atoms with Gasteiger partial charge in [0, 0.05) is 42.7 Å². The van der Waals surface area contributed by atoms with Crippen molar-refractivity contribution in [2.45, 2.75) is 109 Å². The van der Waals surface area contributed by atoms with Crippen LogP contribution < -0.4 is 10.0 Å². The molecule has 8 heteroatoms. The molecule has 1 aliphatic carbocycles. The number of hydrogen-bond donors (Lipinski definition) is 2. The minimum atomic E-state index is -3.72. The number of amides is 1. The Labute approximate surface area is 228 Å². The predicted octanol–water partition coefficient (Wildman–Crippen LogP) is 5.55. The van der Waals surface area contributed by atoms with Gasteiger partial charge in [0.25, 0.3) is 5.91 Å². The molecular formula is C30H45N3O4S. The quantitative estimate of drug-likeness (QED) is 0.479. The molecule has 4 rings (SSSR count). The molecule has 1 aromatic carbocycles. The maximum atomic E-state index is 13.4. The van der Waals surface area contributed by atoms with Crippen molar-refractivity contribution in [2.24, 2.45) is 5.92 Å². The number of rotatable bonds is 7. The average Bonchev–Trinajstić information content (AvgIpc) is 3.10. The highest BCUT2D eigenvalue weighted by Gasteiger charge is 2.31. The second-order valence-electron chi connectivity index (χ2n) is 13.1. The molecule has 0 spiro atoms. The molecule has 1 aromatic heterocycles. The topological polar surface area (TPSA) is 89.4 Å². The summed E-state index contributed by atoms with van der Waals surface area (Å²) in [5, 5.41) is 3.22. The molecule has 210 valence electrons. The Morgan fingerprint density at radius 2 is 1.68 bits per heavy atom. The minimum absolute atomic E-state index is 0.0485. The highest BCUT2D eigenvalue weighted by molar-refractivity contribution is 7.89. The number of sulfonamides is 1. The summed E-state index contributed by atoms with van der Waals surface area (Å²) in [6, 6.07) is 7.73. The zero-order chi connectivity index (χ0) is 27.9. The molecule has 1 aliphatic heterocycles. The molecule has 1 saturated carbocycles. The SMILES string of the molecule is Cc1c(C(=O)NC2CCOCC2)cc(-c2ccc(S(=O)(=O)NC(C)(C)C)c(C(C)(C)C)c2)n1CC1CCC1. The molecule has 1 amide bonds. The predicted molar refractivity (Wildman–Crippen MR) is 152 cm³/mol. The Morgan fingerprint density at radius 1 is 1.03 bits per heavy atom. The van der Waals surface area contributed by atoms with Gasteiger partial charge in [-0.3, -0.25) is 4.79 Å². The van der Waals surface area contributed by atoms with Crippen molar-refractivity contribution >= 4 is 15.9 Å². The van der Waals surface area contributed by atoms with Gasteiger partial charge in [0.1, 0.15) is 0 Å². The maximum absolute atomic E-state index is 13.4. The van der Waals surface area contributed by atoms with E-state index in [1.807, 2.05) is 66.7 Å². The molecule has 2 fully saturated rings. The van der Waals surface area contributed by atoms with Gasteiger partial charge in [0.2, 0.25) is 10.0 Å². The van der Waals surface area contributed by atoms with Gasteiger partial charge in [-0.1, -0.05) is 33.3 Å². The third kappa shape index (κ3) is 6.52. The van der Waals surface area contributed by atoms with Gasteiger partial charge in [-0.05, 0) is 94.0 Å². The molecule has 1 saturated heterocycles. The van der Waals surface area contributed by atoms with Crippen LogP contribution in [0.1, 0.15) is 95.3 Å². The van der Waals surface area contributed by atoms with Crippen LogP contribution in [-0.2, 0) is 26.7 Å². The number of hydrogen-bond acceptors (Lipinski definition) is 4. The Hall–Kier alpha value is -2.16. The summed E-state index contributed by atoms with van der Waals surface area (Å²) in [4.78, 5) is 13.7. The zero-order valence-electron chi connectivity index (χ0n) is 24.1. The van der Waals surface area contributed by atoms with Gasteiger partial charge in [-0.2, -0.15) is 0 Å². The lowest BCUT2D eigenvalue weighted by Crippen LogP contribution is -2.41.